The van der Waals surface area contributed by atoms with E-state index in [0.717, 1.165) is 20.7 Å². The highest BCUT2D eigenvalue weighted by Crippen LogP contribution is 2.35. The van der Waals surface area contributed by atoms with Gasteiger partial charge in [-0.3, -0.25) is 4.79 Å². The summed E-state index contributed by atoms with van der Waals surface area (Å²) in [6.07, 6.45) is 0. The van der Waals surface area contributed by atoms with Crippen LogP contribution in [0.25, 0.3) is 10.2 Å². The molecule has 3 aromatic rings. The predicted molar refractivity (Wildman–Crippen MR) is 94.9 cm³/mol. The molecule has 6 nitrogen and oxygen atoms in total. The lowest BCUT2D eigenvalue weighted by atomic mass is 10.2. The van der Waals surface area contributed by atoms with Gasteiger partial charge < -0.3 is 14.8 Å². The number of aryl methyl sites for hydroxylation is 1. The second-order valence-corrected chi connectivity index (χ2v) is 7.11. The number of hydrogen-bond acceptors (Lipinski definition) is 7. The Labute approximate surface area is 147 Å². The van der Waals surface area contributed by atoms with E-state index in [1.165, 1.54) is 11.3 Å². The van der Waals surface area contributed by atoms with E-state index in [1.54, 1.807) is 25.6 Å². The fourth-order valence-electron chi connectivity index (χ4n) is 2.36. The molecule has 1 amide bonds. The van der Waals surface area contributed by atoms with Crippen LogP contribution in [0.4, 0.5) is 0 Å². The lowest BCUT2D eigenvalue weighted by molar-refractivity contribution is 0.0955. The summed E-state index contributed by atoms with van der Waals surface area (Å²) in [7, 11) is 3.15. The van der Waals surface area contributed by atoms with Crippen molar-refractivity contribution in [3.63, 3.8) is 0 Å². The minimum Gasteiger partial charge on any atom is -0.480 e. The highest BCUT2D eigenvalue weighted by Gasteiger charge is 2.21. The predicted octanol–water partition coefficient (Wildman–Crippen LogP) is 3.15. The summed E-state index contributed by atoms with van der Waals surface area (Å²) in [5.41, 5.74) is 0.833. The number of amides is 1. The van der Waals surface area contributed by atoms with Gasteiger partial charge in [-0.15, -0.1) is 22.7 Å². The van der Waals surface area contributed by atoms with Crippen molar-refractivity contribution in [3.8, 4) is 5.88 Å². The molecule has 0 unspecified atom stereocenters. The van der Waals surface area contributed by atoms with Crippen molar-refractivity contribution in [2.24, 2.45) is 0 Å². The number of rotatable bonds is 6. The topological polar surface area (TPSA) is 73.3 Å². The molecule has 3 aromatic heterocycles. The first kappa shape index (κ1) is 16.8. The molecule has 0 aliphatic carbocycles. The second kappa shape index (κ2) is 7.25. The summed E-state index contributed by atoms with van der Waals surface area (Å²) in [4.78, 5) is 23.8. The molecule has 1 N–H and O–H groups in total. The summed E-state index contributed by atoms with van der Waals surface area (Å²) in [5.74, 6) is 0.894. The third kappa shape index (κ3) is 3.26. The number of aromatic nitrogens is 2. The minimum atomic E-state index is -0.112. The van der Waals surface area contributed by atoms with Gasteiger partial charge in [0, 0.05) is 12.0 Å². The van der Waals surface area contributed by atoms with Gasteiger partial charge in [-0.1, -0.05) is 6.07 Å². The first-order valence-electron chi connectivity index (χ1n) is 7.27. The average Bonchev–Trinajstić information content (AvgIpc) is 3.20. The molecule has 126 valence electrons. The number of nitrogens with one attached hydrogen (secondary N) is 1. The Morgan fingerprint density at radius 1 is 1.33 bits per heavy atom. The molecular weight excluding hydrogens is 346 g/mol. The first-order chi connectivity index (χ1) is 11.6. The average molecular weight is 363 g/mol. The Morgan fingerprint density at radius 3 is 2.83 bits per heavy atom. The van der Waals surface area contributed by atoms with Gasteiger partial charge in [0.05, 0.1) is 23.9 Å². The molecule has 0 radical (unpaired) electrons. The zero-order valence-electron chi connectivity index (χ0n) is 13.6. The summed E-state index contributed by atoms with van der Waals surface area (Å²) in [6, 6.07) is 3.96. The van der Waals surface area contributed by atoms with Crippen molar-refractivity contribution >= 4 is 38.8 Å². The summed E-state index contributed by atoms with van der Waals surface area (Å²) in [6.45, 7) is 2.70. The zero-order valence-corrected chi connectivity index (χ0v) is 15.2. The summed E-state index contributed by atoms with van der Waals surface area (Å²) >= 11 is 2.96. The fraction of sp³-hybridized carbons (Fsp3) is 0.312. The van der Waals surface area contributed by atoms with Crippen LogP contribution in [0.5, 0.6) is 5.88 Å². The van der Waals surface area contributed by atoms with Gasteiger partial charge in [0.15, 0.2) is 5.82 Å². The SMILES string of the molecule is COCc1nc(OC)c2c(C)c(C(=O)NCc3cccs3)sc2n1. The smallest absolute Gasteiger partial charge is 0.262 e. The molecule has 0 aliphatic rings. The standard InChI is InChI=1S/C16H17N3O3S2/c1-9-12-15(22-3)18-11(8-21-2)19-16(12)24-13(9)14(20)17-7-10-5-4-6-23-10/h4-6H,7-8H2,1-3H3,(H,17,20). The Balaban J connectivity index is 1.93. The number of nitrogens with zero attached hydrogens (tertiary/aromatic N) is 2. The van der Waals surface area contributed by atoms with Crippen molar-refractivity contribution in [2.75, 3.05) is 14.2 Å². The van der Waals surface area contributed by atoms with Crippen LogP contribution in [0.1, 0.15) is 25.9 Å². The second-order valence-electron chi connectivity index (χ2n) is 5.08. The molecule has 0 aliphatic heterocycles. The maximum absolute atomic E-state index is 12.5. The van der Waals surface area contributed by atoms with Crippen molar-refractivity contribution in [1.82, 2.24) is 15.3 Å². The zero-order chi connectivity index (χ0) is 17.1. The van der Waals surface area contributed by atoms with Crippen LogP contribution in [-0.4, -0.2) is 30.1 Å². The van der Waals surface area contributed by atoms with Crippen LogP contribution >= 0.6 is 22.7 Å². The van der Waals surface area contributed by atoms with E-state index in [-0.39, 0.29) is 5.91 Å². The van der Waals surface area contributed by atoms with Crippen molar-refractivity contribution < 1.29 is 14.3 Å². The van der Waals surface area contributed by atoms with Crippen LogP contribution < -0.4 is 10.1 Å². The van der Waals surface area contributed by atoms with Gasteiger partial charge in [-0.2, -0.15) is 4.98 Å². The van der Waals surface area contributed by atoms with E-state index in [9.17, 15) is 4.79 Å². The number of carbonyl (C=O) groups is 1. The van der Waals surface area contributed by atoms with Crippen LogP contribution in [0.3, 0.4) is 0 Å². The van der Waals surface area contributed by atoms with Gasteiger partial charge in [-0.25, -0.2) is 4.98 Å². The Morgan fingerprint density at radius 2 is 2.17 bits per heavy atom. The normalized spacial score (nSPS) is 11.0. The van der Waals surface area contributed by atoms with Gasteiger partial charge >= 0.3 is 0 Å². The van der Waals surface area contributed by atoms with E-state index < -0.39 is 0 Å². The molecule has 24 heavy (non-hydrogen) atoms. The lowest BCUT2D eigenvalue weighted by Crippen LogP contribution is -2.21. The van der Waals surface area contributed by atoms with E-state index in [4.69, 9.17) is 9.47 Å². The molecule has 0 spiro atoms. The quantitative estimate of drug-likeness (QED) is 0.728. The molecule has 3 heterocycles. The van der Waals surface area contributed by atoms with Crippen LogP contribution in [0.2, 0.25) is 0 Å². The lowest BCUT2D eigenvalue weighted by Gasteiger charge is -2.05. The van der Waals surface area contributed by atoms with E-state index >= 15 is 0 Å². The monoisotopic (exact) mass is 363 g/mol. The van der Waals surface area contributed by atoms with Crippen LogP contribution in [0, 0.1) is 6.92 Å². The van der Waals surface area contributed by atoms with E-state index in [2.05, 4.69) is 15.3 Å². The maximum Gasteiger partial charge on any atom is 0.262 e. The molecule has 0 saturated carbocycles. The Bertz CT molecular complexity index is 859. The van der Waals surface area contributed by atoms with Crippen molar-refractivity contribution in [1.29, 1.82) is 0 Å². The van der Waals surface area contributed by atoms with Crippen molar-refractivity contribution in [3.05, 3.63) is 38.7 Å². The van der Waals surface area contributed by atoms with Gasteiger partial charge in [0.1, 0.15) is 11.4 Å². The number of fused-ring (bicyclic) bond motifs is 1. The number of thiophene rings is 2. The third-order valence-corrected chi connectivity index (χ3v) is 5.54. The number of hydrogen-bond donors (Lipinski definition) is 1. The molecule has 0 aromatic carbocycles. The van der Waals surface area contributed by atoms with Gasteiger partial charge in [0.2, 0.25) is 5.88 Å². The molecule has 8 heteroatoms. The minimum absolute atomic E-state index is 0.112. The number of methoxy groups -OCH3 is 2. The van der Waals surface area contributed by atoms with Gasteiger partial charge in [0.25, 0.3) is 5.91 Å². The van der Waals surface area contributed by atoms with Crippen LogP contribution in [0.15, 0.2) is 17.5 Å². The largest absolute Gasteiger partial charge is 0.480 e. The molecular formula is C16H17N3O3S2. The summed E-state index contributed by atoms with van der Waals surface area (Å²) in [5, 5.41) is 5.72. The van der Waals surface area contributed by atoms with E-state index in [1.807, 2.05) is 24.4 Å². The molecule has 0 fully saturated rings. The Hall–Kier alpha value is -2.03. The van der Waals surface area contributed by atoms with Crippen molar-refractivity contribution in [2.45, 2.75) is 20.1 Å². The fourth-order valence-corrected chi connectivity index (χ4v) is 4.11. The first-order valence-corrected chi connectivity index (χ1v) is 8.97. The highest BCUT2D eigenvalue weighted by atomic mass is 32.1. The number of carbonyl (C=O) groups excluding carboxylic acids is 1. The maximum atomic E-state index is 12.5. The number of ether oxygens (including phenoxy) is 2. The third-order valence-electron chi connectivity index (χ3n) is 3.48. The molecule has 0 atom stereocenters. The highest BCUT2D eigenvalue weighted by molar-refractivity contribution is 7.20. The van der Waals surface area contributed by atoms with Gasteiger partial charge in [-0.05, 0) is 23.9 Å². The molecule has 3 rings (SSSR count). The Kier molecular flexibility index (Phi) is 5.08. The molecule has 0 saturated heterocycles. The van der Waals surface area contributed by atoms with Crippen LogP contribution in [-0.2, 0) is 17.9 Å². The van der Waals surface area contributed by atoms with E-state index in [0.29, 0.717) is 29.7 Å². The molecule has 0 bridgehead atoms. The summed E-state index contributed by atoms with van der Waals surface area (Å²) < 4.78 is 10.5.